The van der Waals surface area contributed by atoms with Gasteiger partial charge in [0.15, 0.2) is 0 Å². The normalized spacial score (nSPS) is 12.0. The van der Waals surface area contributed by atoms with Gasteiger partial charge in [-0.3, -0.25) is 4.79 Å². The maximum atomic E-state index is 12.2. The van der Waals surface area contributed by atoms with Crippen LogP contribution < -0.4 is 34.7 Å². The molecule has 0 heterocycles. The van der Waals surface area contributed by atoms with E-state index in [-0.39, 0.29) is 6.61 Å². The molecule has 3 aromatic carbocycles. The van der Waals surface area contributed by atoms with Crippen LogP contribution in [0.2, 0.25) is 0 Å². The Morgan fingerprint density at radius 2 is 1.50 bits per heavy atom. The van der Waals surface area contributed by atoms with Crippen molar-refractivity contribution in [3.8, 4) is 28.7 Å². The predicted octanol–water partition coefficient (Wildman–Crippen LogP) is 3.28. The molecule has 9 nitrogen and oxygen atoms in total. The number of methoxy groups -OCH3 is 4. The first-order chi connectivity index (χ1) is 18.4. The first kappa shape index (κ1) is 28.4. The second kappa shape index (κ2) is 13.9. The number of hydrogen-bond acceptors (Lipinski definition) is 8. The number of primary amides is 1. The Balaban J connectivity index is 1.58. The molecule has 0 aromatic heterocycles. The highest BCUT2D eigenvalue weighted by Crippen LogP contribution is 2.27. The molecule has 1 amide bonds. The van der Waals surface area contributed by atoms with Gasteiger partial charge in [0.25, 0.3) is 0 Å². The van der Waals surface area contributed by atoms with E-state index < -0.39 is 12.0 Å². The summed E-state index contributed by atoms with van der Waals surface area (Å²) in [6.45, 7) is 0.931. The quantitative estimate of drug-likeness (QED) is 0.218. The zero-order valence-electron chi connectivity index (χ0n) is 22.0. The van der Waals surface area contributed by atoms with Crippen LogP contribution in [0.4, 0.5) is 0 Å². The average molecular weight is 523 g/mol. The summed E-state index contributed by atoms with van der Waals surface area (Å²) in [5, 5.41) is 13.5. The first-order valence-electron chi connectivity index (χ1n) is 11.9. The summed E-state index contributed by atoms with van der Waals surface area (Å²) in [5.74, 6) is 2.59. The Morgan fingerprint density at radius 1 is 0.868 bits per heavy atom. The molecule has 0 aliphatic heterocycles. The van der Waals surface area contributed by atoms with Crippen molar-refractivity contribution in [1.82, 2.24) is 5.32 Å². The lowest BCUT2D eigenvalue weighted by Crippen LogP contribution is -2.31. The lowest BCUT2D eigenvalue weighted by molar-refractivity contribution is -0.112. The number of nitrogens with one attached hydrogen (secondary N) is 1. The van der Waals surface area contributed by atoms with E-state index in [9.17, 15) is 9.90 Å². The Hall–Kier alpha value is -4.21. The second-order valence-corrected chi connectivity index (χ2v) is 8.37. The summed E-state index contributed by atoms with van der Waals surface area (Å²) in [7, 11) is 6.32. The van der Waals surface area contributed by atoms with Crippen molar-refractivity contribution in [2.24, 2.45) is 5.73 Å². The van der Waals surface area contributed by atoms with E-state index in [1.165, 1.54) is 0 Å². The highest BCUT2D eigenvalue weighted by atomic mass is 16.5. The fourth-order valence-electron chi connectivity index (χ4n) is 3.73. The number of carbonyl (C=O) groups is 1. The molecule has 3 aromatic rings. The molecule has 0 aliphatic carbocycles. The van der Waals surface area contributed by atoms with Gasteiger partial charge in [0.1, 0.15) is 41.5 Å². The molecule has 3 rings (SSSR count). The maximum absolute atomic E-state index is 12.2. The van der Waals surface area contributed by atoms with Crippen molar-refractivity contribution in [3.05, 3.63) is 77.4 Å². The molecular formula is C29H34N2O7. The van der Waals surface area contributed by atoms with E-state index in [1.807, 2.05) is 18.2 Å². The fourth-order valence-corrected chi connectivity index (χ4v) is 3.73. The van der Waals surface area contributed by atoms with Crippen molar-refractivity contribution in [3.63, 3.8) is 0 Å². The van der Waals surface area contributed by atoms with Crippen LogP contribution in [0.25, 0.3) is 11.6 Å². The Bertz CT molecular complexity index is 1220. The number of benzene rings is 3. The maximum Gasteiger partial charge on any atom is 0.249 e. The second-order valence-electron chi connectivity index (χ2n) is 8.37. The topological polar surface area (TPSA) is 122 Å². The number of aliphatic hydroxyl groups excluding tert-OH is 1. The number of rotatable bonds is 14. The van der Waals surface area contributed by atoms with Crippen LogP contribution in [0.5, 0.6) is 28.7 Å². The Kier molecular flexibility index (Phi) is 10.4. The van der Waals surface area contributed by atoms with Gasteiger partial charge in [0.05, 0.1) is 28.4 Å². The standard InChI is InChI=1S/C29H34N2O7/c1-34-24-10-7-21(28(15-24)37-4)16-31-17-22(32)18-38-23-8-5-20(6-9-23)27(29(30)33)13-19-11-25(35-2)14-26(12-19)36-3/h5-15,22,31-32H,16-18H2,1-4H3,(H2,30,33)/b27-13-. The molecule has 38 heavy (non-hydrogen) atoms. The van der Waals surface area contributed by atoms with Gasteiger partial charge < -0.3 is 39.8 Å². The lowest BCUT2D eigenvalue weighted by atomic mass is 10.0. The van der Waals surface area contributed by atoms with Crippen molar-refractivity contribution < 1.29 is 33.6 Å². The third kappa shape index (κ3) is 7.89. The molecule has 9 heteroatoms. The minimum absolute atomic E-state index is 0.0915. The van der Waals surface area contributed by atoms with Gasteiger partial charge in [-0.15, -0.1) is 0 Å². The zero-order valence-corrected chi connectivity index (χ0v) is 22.0. The summed E-state index contributed by atoms with van der Waals surface area (Å²) in [6.07, 6.45) is 0.944. The first-order valence-corrected chi connectivity index (χ1v) is 11.9. The number of nitrogens with two attached hydrogens (primary N) is 1. The van der Waals surface area contributed by atoms with Crippen molar-refractivity contribution in [2.75, 3.05) is 41.6 Å². The lowest BCUT2D eigenvalue weighted by Gasteiger charge is -2.15. The van der Waals surface area contributed by atoms with Crippen molar-refractivity contribution >= 4 is 17.6 Å². The van der Waals surface area contributed by atoms with Crippen LogP contribution in [-0.2, 0) is 11.3 Å². The molecule has 202 valence electrons. The van der Waals surface area contributed by atoms with Gasteiger partial charge in [0, 0.05) is 36.4 Å². The molecule has 0 saturated carbocycles. The van der Waals surface area contributed by atoms with Gasteiger partial charge in [-0.25, -0.2) is 0 Å². The van der Waals surface area contributed by atoms with Crippen LogP contribution in [-0.4, -0.2) is 58.7 Å². The summed E-state index contributed by atoms with van der Waals surface area (Å²) < 4.78 is 26.9. The van der Waals surface area contributed by atoms with Gasteiger partial charge in [-0.2, -0.15) is 0 Å². The smallest absolute Gasteiger partial charge is 0.249 e. The number of amides is 1. The number of ether oxygens (including phenoxy) is 5. The van der Waals surface area contributed by atoms with Crippen molar-refractivity contribution in [1.29, 1.82) is 0 Å². The minimum Gasteiger partial charge on any atom is -0.497 e. The average Bonchev–Trinajstić information content (AvgIpc) is 2.94. The minimum atomic E-state index is -0.733. The van der Waals surface area contributed by atoms with Crippen LogP contribution in [0.3, 0.4) is 0 Å². The predicted molar refractivity (Wildman–Crippen MR) is 146 cm³/mol. The van der Waals surface area contributed by atoms with E-state index in [2.05, 4.69) is 5.32 Å². The van der Waals surface area contributed by atoms with E-state index in [4.69, 9.17) is 29.4 Å². The SMILES string of the molecule is COc1cc(/C=C(\C(N)=O)c2ccc(OCC(O)CNCc3ccc(OC)cc3OC)cc2)cc(OC)c1. The summed E-state index contributed by atoms with van der Waals surface area (Å²) in [5.41, 5.74) is 8.27. The van der Waals surface area contributed by atoms with Gasteiger partial charge >= 0.3 is 0 Å². The monoisotopic (exact) mass is 522 g/mol. The molecule has 1 unspecified atom stereocenters. The molecule has 0 radical (unpaired) electrons. The zero-order chi connectivity index (χ0) is 27.5. The van der Waals surface area contributed by atoms with E-state index in [1.54, 1.807) is 77.0 Å². The summed E-state index contributed by atoms with van der Waals surface area (Å²) >= 11 is 0. The highest BCUT2D eigenvalue weighted by molar-refractivity contribution is 6.23. The molecule has 4 N–H and O–H groups in total. The van der Waals surface area contributed by atoms with Crippen LogP contribution in [0.1, 0.15) is 16.7 Å². The fraction of sp³-hybridized carbons (Fsp3) is 0.276. The van der Waals surface area contributed by atoms with Crippen molar-refractivity contribution in [2.45, 2.75) is 12.6 Å². The molecule has 0 spiro atoms. The van der Waals surface area contributed by atoms with Gasteiger partial charge in [0.2, 0.25) is 5.91 Å². The third-order valence-corrected chi connectivity index (χ3v) is 5.75. The van der Waals surface area contributed by atoms with E-state index in [0.29, 0.717) is 58.5 Å². The molecule has 0 aliphatic rings. The summed E-state index contributed by atoms with van der Waals surface area (Å²) in [6, 6.07) is 17.8. The summed E-state index contributed by atoms with van der Waals surface area (Å²) in [4.78, 5) is 12.2. The number of hydrogen-bond donors (Lipinski definition) is 3. The Labute approximate surface area is 222 Å². The molecule has 0 bridgehead atoms. The highest BCUT2D eigenvalue weighted by Gasteiger charge is 2.12. The molecule has 0 fully saturated rings. The number of carbonyl (C=O) groups excluding carboxylic acids is 1. The largest absolute Gasteiger partial charge is 0.497 e. The van der Waals surface area contributed by atoms with Gasteiger partial charge in [-0.1, -0.05) is 18.2 Å². The van der Waals surface area contributed by atoms with Crippen LogP contribution in [0, 0.1) is 0 Å². The van der Waals surface area contributed by atoms with E-state index in [0.717, 1.165) is 5.56 Å². The number of aliphatic hydroxyl groups is 1. The molecule has 0 saturated heterocycles. The van der Waals surface area contributed by atoms with E-state index >= 15 is 0 Å². The van der Waals surface area contributed by atoms with Crippen LogP contribution >= 0.6 is 0 Å². The Morgan fingerprint density at radius 3 is 2.08 bits per heavy atom. The third-order valence-electron chi connectivity index (χ3n) is 5.75. The molecule has 1 atom stereocenters. The van der Waals surface area contributed by atoms with Gasteiger partial charge in [-0.05, 0) is 47.5 Å². The van der Waals surface area contributed by atoms with Crippen LogP contribution in [0.15, 0.2) is 60.7 Å². The molecular weight excluding hydrogens is 488 g/mol.